The molecule has 0 unspecified atom stereocenters. The molecule has 1 aromatic carbocycles. The topological polar surface area (TPSA) is 107 Å². The van der Waals surface area contributed by atoms with Crippen molar-refractivity contribution in [2.24, 2.45) is 5.73 Å². The summed E-state index contributed by atoms with van der Waals surface area (Å²) < 4.78 is 10.7. The standard InChI is InChI=1S/C18H17N3O4S/c1-10-3-8-14(25-10)18-20-11(2)16(26-18)17(23)21-12-4-6-13(7-5-12)24-9-15(19)22/h3-8H,9H2,1-2H3,(H2,19,22)(H,21,23). The summed E-state index contributed by atoms with van der Waals surface area (Å²) in [4.78, 5) is 28.2. The fraction of sp³-hybridized carbons (Fsp3) is 0.167. The van der Waals surface area contributed by atoms with E-state index >= 15 is 0 Å². The Bertz CT molecular complexity index is 944. The summed E-state index contributed by atoms with van der Waals surface area (Å²) >= 11 is 1.27. The third-order valence-corrected chi connectivity index (χ3v) is 4.62. The zero-order valence-corrected chi connectivity index (χ0v) is 15.1. The molecule has 7 nitrogen and oxygen atoms in total. The second kappa shape index (κ2) is 7.40. The Kier molecular flexibility index (Phi) is 5.04. The monoisotopic (exact) mass is 371 g/mol. The Labute approximate surface area is 153 Å². The van der Waals surface area contributed by atoms with Gasteiger partial charge in [0.25, 0.3) is 11.8 Å². The van der Waals surface area contributed by atoms with E-state index in [-0.39, 0.29) is 12.5 Å². The molecule has 2 heterocycles. The van der Waals surface area contributed by atoms with Crippen LogP contribution in [0.4, 0.5) is 5.69 Å². The molecule has 0 bridgehead atoms. The first-order chi connectivity index (χ1) is 12.4. The van der Waals surface area contributed by atoms with Crippen molar-refractivity contribution in [1.29, 1.82) is 0 Å². The van der Waals surface area contributed by atoms with Crippen LogP contribution >= 0.6 is 11.3 Å². The summed E-state index contributed by atoms with van der Waals surface area (Å²) in [5, 5.41) is 3.48. The number of nitrogens with one attached hydrogen (secondary N) is 1. The number of benzene rings is 1. The van der Waals surface area contributed by atoms with Crippen LogP contribution in [-0.2, 0) is 4.79 Å². The number of anilines is 1. The van der Waals surface area contributed by atoms with Crippen molar-refractivity contribution in [1.82, 2.24) is 4.98 Å². The highest BCUT2D eigenvalue weighted by molar-refractivity contribution is 7.17. The summed E-state index contributed by atoms with van der Waals surface area (Å²) in [6.07, 6.45) is 0. The van der Waals surface area contributed by atoms with E-state index in [1.807, 2.05) is 19.1 Å². The van der Waals surface area contributed by atoms with Crippen LogP contribution in [0.15, 0.2) is 40.8 Å². The van der Waals surface area contributed by atoms with Crippen molar-refractivity contribution >= 4 is 28.8 Å². The van der Waals surface area contributed by atoms with Crippen LogP contribution in [0.3, 0.4) is 0 Å². The van der Waals surface area contributed by atoms with Gasteiger partial charge >= 0.3 is 0 Å². The number of ether oxygens (including phenoxy) is 1. The number of nitrogens with zero attached hydrogens (tertiary/aromatic N) is 1. The molecule has 26 heavy (non-hydrogen) atoms. The second-order valence-corrected chi connectivity index (χ2v) is 6.58. The lowest BCUT2D eigenvalue weighted by Crippen LogP contribution is -2.20. The van der Waals surface area contributed by atoms with Gasteiger partial charge in [0.2, 0.25) is 0 Å². The highest BCUT2D eigenvalue weighted by Gasteiger charge is 2.18. The molecule has 0 radical (unpaired) electrons. The van der Waals surface area contributed by atoms with Gasteiger partial charge in [0.1, 0.15) is 16.4 Å². The number of aromatic nitrogens is 1. The normalized spacial score (nSPS) is 10.5. The highest BCUT2D eigenvalue weighted by Crippen LogP contribution is 2.30. The molecular weight excluding hydrogens is 354 g/mol. The molecule has 2 amide bonds. The Hall–Kier alpha value is -3.13. The Morgan fingerprint density at radius 1 is 1.19 bits per heavy atom. The number of hydrogen-bond acceptors (Lipinski definition) is 6. The SMILES string of the molecule is Cc1ccc(-c2nc(C)c(C(=O)Nc3ccc(OCC(N)=O)cc3)s2)o1. The molecule has 0 saturated heterocycles. The van der Waals surface area contributed by atoms with E-state index < -0.39 is 5.91 Å². The fourth-order valence-electron chi connectivity index (χ4n) is 2.24. The molecule has 0 aliphatic carbocycles. The predicted octanol–water partition coefficient (Wildman–Crippen LogP) is 3.14. The number of furan rings is 1. The Balaban J connectivity index is 1.70. The molecule has 0 spiro atoms. The molecule has 3 rings (SSSR count). The Morgan fingerprint density at radius 3 is 2.54 bits per heavy atom. The summed E-state index contributed by atoms with van der Waals surface area (Å²) in [5.74, 6) is 1.13. The van der Waals surface area contributed by atoms with Gasteiger partial charge in [-0.1, -0.05) is 0 Å². The number of primary amides is 1. The number of carbonyl (C=O) groups excluding carboxylic acids is 2. The van der Waals surface area contributed by atoms with Crippen molar-refractivity contribution in [3.05, 3.63) is 52.7 Å². The number of amides is 2. The van der Waals surface area contributed by atoms with Crippen LogP contribution < -0.4 is 15.8 Å². The molecule has 0 aliphatic heterocycles. The molecule has 8 heteroatoms. The summed E-state index contributed by atoms with van der Waals surface area (Å²) in [6.45, 7) is 3.45. The molecule has 0 aliphatic rings. The summed E-state index contributed by atoms with van der Waals surface area (Å²) in [5.41, 5.74) is 6.27. The third-order valence-electron chi connectivity index (χ3n) is 3.45. The molecule has 2 aromatic heterocycles. The lowest BCUT2D eigenvalue weighted by molar-refractivity contribution is -0.119. The van der Waals surface area contributed by atoms with Crippen molar-refractivity contribution < 1.29 is 18.7 Å². The molecule has 3 aromatic rings. The van der Waals surface area contributed by atoms with Gasteiger partial charge < -0.3 is 20.2 Å². The van der Waals surface area contributed by atoms with E-state index in [0.717, 1.165) is 5.76 Å². The van der Waals surface area contributed by atoms with Gasteiger partial charge in [-0.15, -0.1) is 11.3 Å². The van der Waals surface area contributed by atoms with Gasteiger partial charge in [-0.3, -0.25) is 9.59 Å². The van der Waals surface area contributed by atoms with Crippen LogP contribution in [0.2, 0.25) is 0 Å². The smallest absolute Gasteiger partial charge is 0.267 e. The van der Waals surface area contributed by atoms with Crippen molar-refractivity contribution in [3.8, 4) is 16.5 Å². The van der Waals surface area contributed by atoms with Crippen LogP contribution in [0.25, 0.3) is 10.8 Å². The average Bonchev–Trinajstić information content (AvgIpc) is 3.20. The number of nitrogens with two attached hydrogens (primary N) is 1. The quantitative estimate of drug-likeness (QED) is 0.692. The van der Waals surface area contributed by atoms with Gasteiger partial charge in [-0.2, -0.15) is 0 Å². The molecular formula is C18H17N3O4S. The number of rotatable bonds is 6. The van der Waals surface area contributed by atoms with E-state index in [9.17, 15) is 9.59 Å². The highest BCUT2D eigenvalue weighted by atomic mass is 32.1. The van der Waals surface area contributed by atoms with Gasteiger partial charge in [-0.25, -0.2) is 4.98 Å². The fourth-order valence-corrected chi connectivity index (χ4v) is 3.16. The number of aryl methyl sites for hydroxylation is 2. The van der Waals surface area contributed by atoms with Crippen LogP contribution in [0.1, 0.15) is 21.1 Å². The summed E-state index contributed by atoms with van der Waals surface area (Å²) in [7, 11) is 0. The third kappa shape index (κ3) is 4.09. The predicted molar refractivity (Wildman–Crippen MR) is 98.4 cm³/mol. The molecule has 0 saturated carbocycles. The lowest BCUT2D eigenvalue weighted by Gasteiger charge is -2.06. The van der Waals surface area contributed by atoms with Crippen molar-refractivity contribution in [2.45, 2.75) is 13.8 Å². The van der Waals surface area contributed by atoms with Crippen LogP contribution in [0, 0.1) is 13.8 Å². The second-order valence-electron chi connectivity index (χ2n) is 5.58. The van der Waals surface area contributed by atoms with E-state index in [1.165, 1.54) is 11.3 Å². The molecule has 3 N–H and O–H groups in total. The first-order valence-corrected chi connectivity index (χ1v) is 8.61. The van der Waals surface area contributed by atoms with E-state index in [0.29, 0.717) is 32.8 Å². The van der Waals surface area contributed by atoms with Crippen molar-refractivity contribution in [2.75, 3.05) is 11.9 Å². The van der Waals surface area contributed by atoms with Gasteiger partial charge in [0.05, 0.1) is 5.69 Å². The zero-order chi connectivity index (χ0) is 18.7. The minimum Gasteiger partial charge on any atom is -0.484 e. The first-order valence-electron chi connectivity index (χ1n) is 7.79. The largest absolute Gasteiger partial charge is 0.484 e. The molecule has 0 fully saturated rings. The zero-order valence-electron chi connectivity index (χ0n) is 14.2. The first kappa shape index (κ1) is 17.7. The Morgan fingerprint density at radius 2 is 1.92 bits per heavy atom. The maximum Gasteiger partial charge on any atom is 0.267 e. The maximum atomic E-state index is 12.5. The number of hydrogen-bond donors (Lipinski definition) is 2. The molecule has 0 atom stereocenters. The lowest BCUT2D eigenvalue weighted by atomic mass is 10.3. The summed E-state index contributed by atoms with van der Waals surface area (Å²) in [6, 6.07) is 10.3. The van der Waals surface area contributed by atoms with Crippen LogP contribution in [-0.4, -0.2) is 23.4 Å². The van der Waals surface area contributed by atoms with Crippen molar-refractivity contribution in [3.63, 3.8) is 0 Å². The molecule has 134 valence electrons. The van der Waals surface area contributed by atoms with E-state index in [2.05, 4.69) is 10.3 Å². The van der Waals surface area contributed by atoms with E-state index in [1.54, 1.807) is 31.2 Å². The number of carbonyl (C=O) groups is 2. The maximum absolute atomic E-state index is 12.5. The van der Waals surface area contributed by atoms with Gasteiger partial charge in [-0.05, 0) is 50.2 Å². The average molecular weight is 371 g/mol. The van der Waals surface area contributed by atoms with Gasteiger partial charge in [0.15, 0.2) is 17.4 Å². The van der Waals surface area contributed by atoms with Gasteiger partial charge in [0, 0.05) is 5.69 Å². The minimum atomic E-state index is -0.550. The minimum absolute atomic E-state index is 0.194. The van der Waals surface area contributed by atoms with E-state index in [4.69, 9.17) is 14.9 Å². The number of thiazole rings is 1. The van der Waals surface area contributed by atoms with Crippen LogP contribution in [0.5, 0.6) is 5.75 Å².